The average molecular weight is 370 g/mol. The lowest BCUT2D eigenvalue weighted by Gasteiger charge is -2.26. The van der Waals surface area contributed by atoms with Crippen LogP contribution in [0.15, 0.2) is 47.4 Å². The van der Waals surface area contributed by atoms with Crippen LogP contribution >= 0.6 is 11.8 Å². The summed E-state index contributed by atoms with van der Waals surface area (Å²) in [6, 6.07) is 12.9. The number of hydrogen-bond acceptors (Lipinski definition) is 3. The van der Waals surface area contributed by atoms with E-state index >= 15 is 0 Å². The molecule has 1 saturated heterocycles. The van der Waals surface area contributed by atoms with E-state index in [2.05, 4.69) is 16.3 Å². The Balaban J connectivity index is 1.48. The molecule has 136 valence electrons. The molecular formula is C21H23FN2OS. The third-order valence-corrected chi connectivity index (χ3v) is 6.28. The van der Waals surface area contributed by atoms with Crippen molar-refractivity contribution in [3.05, 3.63) is 65.0 Å². The fraction of sp³-hybridized carbons (Fsp3) is 0.381. The van der Waals surface area contributed by atoms with Gasteiger partial charge in [-0.15, -0.1) is 11.8 Å². The first-order chi connectivity index (χ1) is 12.7. The molecule has 0 bridgehead atoms. The summed E-state index contributed by atoms with van der Waals surface area (Å²) < 4.78 is 14.0. The zero-order chi connectivity index (χ0) is 17.9. The molecule has 0 aliphatic carbocycles. The first-order valence-electron chi connectivity index (χ1n) is 9.24. The van der Waals surface area contributed by atoms with Crippen molar-refractivity contribution in [1.82, 2.24) is 10.2 Å². The second-order valence-corrected chi connectivity index (χ2v) is 8.11. The monoisotopic (exact) mass is 370 g/mol. The smallest absolute Gasteiger partial charge is 0.251 e. The van der Waals surface area contributed by atoms with Crippen LogP contribution in [0.4, 0.5) is 4.39 Å². The van der Waals surface area contributed by atoms with Crippen molar-refractivity contribution in [2.75, 3.05) is 18.8 Å². The number of rotatable bonds is 4. The van der Waals surface area contributed by atoms with Gasteiger partial charge in [0.1, 0.15) is 5.82 Å². The molecule has 26 heavy (non-hydrogen) atoms. The van der Waals surface area contributed by atoms with E-state index in [9.17, 15) is 9.18 Å². The summed E-state index contributed by atoms with van der Waals surface area (Å²) in [5.74, 6) is 0.535. The van der Waals surface area contributed by atoms with Gasteiger partial charge in [-0.3, -0.25) is 9.69 Å². The normalized spacial score (nSPS) is 20.0. The second kappa shape index (κ2) is 7.80. The van der Waals surface area contributed by atoms with Gasteiger partial charge >= 0.3 is 0 Å². The molecule has 1 atom stereocenters. The number of hydrogen-bond donors (Lipinski definition) is 1. The molecule has 0 saturated carbocycles. The lowest BCUT2D eigenvalue weighted by molar-refractivity contribution is 0.0934. The van der Waals surface area contributed by atoms with E-state index in [-0.39, 0.29) is 17.8 Å². The van der Waals surface area contributed by atoms with Crippen LogP contribution in [0.5, 0.6) is 0 Å². The molecule has 0 spiro atoms. The van der Waals surface area contributed by atoms with Crippen LogP contribution in [0.25, 0.3) is 0 Å². The van der Waals surface area contributed by atoms with Crippen molar-refractivity contribution in [3.8, 4) is 0 Å². The number of carbonyl (C=O) groups is 1. The first kappa shape index (κ1) is 17.6. The van der Waals surface area contributed by atoms with Crippen molar-refractivity contribution in [2.24, 2.45) is 0 Å². The molecule has 2 aliphatic rings. The van der Waals surface area contributed by atoms with E-state index in [1.807, 2.05) is 24.3 Å². The van der Waals surface area contributed by atoms with Gasteiger partial charge < -0.3 is 5.32 Å². The third kappa shape index (κ3) is 3.79. The quantitative estimate of drug-likeness (QED) is 0.866. The Morgan fingerprint density at radius 1 is 1.19 bits per heavy atom. The number of amides is 1. The van der Waals surface area contributed by atoms with Gasteiger partial charge in [0.25, 0.3) is 5.91 Å². The van der Waals surface area contributed by atoms with Gasteiger partial charge in [-0.1, -0.05) is 24.3 Å². The number of nitrogens with zero attached hydrogens (tertiary/aromatic N) is 1. The number of fused-ring (bicyclic) bond motifs is 1. The minimum atomic E-state index is -0.195. The Hall–Kier alpha value is -1.85. The molecule has 1 unspecified atom stereocenters. The highest BCUT2D eigenvalue weighted by Gasteiger charge is 2.25. The fourth-order valence-corrected chi connectivity index (χ4v) is 4.93. The Morgan fingerprint density at radius 3 is 2.85 bits per heavy atom. The molecule has 0 radical (unpaired) electrons. The highest BCUT2D eigenvalue weighted by atomic mass is 32.2. The zero-order valence-electron chi connectivity index (χ0n) is 14.7. The Labute approximate surface area is 158 Å². The van der Waals surface area contributed by atoms with E-state index in [4.69, 9.17) is 0 Å². The van der Waals surface area contributed by atoms with Gasteiger partial charge in [-0.05, 0) is 61.7 Å². The molecule has 2 aromatic rings. The van der Waals surface area contributed by atoms with Crippen LogP contribution in [0.1, 0.15) is 46.8 Å². The number of thioether (sulfide) groups is 1. The van der Waals surface area contributed by atoms with E-state index in [1.165, 1.54) is 36.2 Å². The minimum absolute atomic E-state index is 0.0830. The number of halogens is 1. The Kier molecular flexibility index (Phi) is 5.27. The van der Waals surface area contributed by atoms with Crippen molar-refractivity contribution in [3.63, 3.8) is 0 Å². The lowest BCUT2D eigenvalue weighted by atomic mass is 10.0. The topological polar surface area (TPSA) is 32.3 Å². The van der Waals surface area contributed by atoms with Gasteiger partial charge in [0, 0.05) is 22.8 Å². The van der Waals surface area contributed by atoms with Gasteiger partial charge in [-0.25, -0.2) is 4.39 Å². The molecule has 1 fully saturated rings. The average Bonchev–Trinajstić information content (AvgIpc) is 3.16. The summed E-state index contributed by atoms with van der Waals surface area (Å²) in [7, 11) is 0. The van der Waals surface area contributed by atoms with Crippen LogP contribution in [0.3, 0.4) is 0 Å². The van der Waals surface area contributed by atoms with Crippen molar-refractivity contribution in [2.45, 2.75) is 36.7 Å². The predicted octanol–water partition coefficient (Wildman–Crippen LogP) is 4.39. The van der Waals surface area contributed by atoms with Crippen LogP contribution in [0, 0.1) is 5.82 Å². The fourth-order valence-electron chi connectivity index (χ4n) is 3.79. The molecule has 4 rings (SSSR count). The summed E-state index contributed by atoms with van der Waals surface area (Å²) in [6.07, 6.45) is 3.34. The number of likely N-dealkylation sites (tertiary alicyclic amines) is 1. The van der Waals surface area contributed by atoms with Crippen LogP contribution < -0.4 is 5.32 Å². The summed E-state index contributed by atoms with van der Waals surface area (Å²) in [5, 5.41) is 3.11. The minimum Gasteiger partial charge on any atom is -0.345 e. The predicted molar refractivity (Wildman–Crippen MR) is 103 cm³/mol. The van der Waals surface area contributed by atoms with E-state index < -0.39 is 0 Å². The van der Waals surface area contributed by atoms with Gasteiger partial charge in [0.15, 0.2) is 0 Å². The maximum atomic E-state index is 14.0. The SMILES string of the molecule is O=C(NC1CCSc2c(F)cccc21)c1cccc(CN2CCCC2)c1. The maximum Gasteiger partial charge on any atom is 0.251 e. The van der Waals surface area contributed by atoms with Crippen molar-refractivity contribution >= 4 is 17.7 Å². The highest BCUT2D eigenvalue weighted by Crippen LogP contribution is 2.37. The lowest BCUT2D eigenvalue weighted by Crippen LogP contribution is -2.31. The Bertz CT molecular complexity index is 804. The summed E-state index contributed by atoms with van der Waals surface area (Å²) in [6.45, 7) is 3.17. The molecule has 0 aromatic heterocycles. The number of carbonyl (C=O) groups excluding carboxylic acids is 1. The summed E-state index contributed by atoms with van der Waals surface area (Å²) in [4.78, 5) is 15.9. The summed E-state index contributed by atoms with van der Waals surface area (Å²) >= 11 is 1.53. The number of benzene rings is 2. The van der Waals surface area contributed by atoms with E-state index in [0.29, 0.717) is 10.5 Å². The third-order valence-electron chi connectivity index (χ3n) is 5.13. The molecule has 1 amide bonds. The molecule has 1 N–H and O–H groups in total. The van der Waals surface area contributed by atoms with E-state index in [1.54, 1.807) is 6.07 Å². The van der Waals surface area contributed by atoms with Crippen LogP contribution in [-0.2, 0) is 6.54 Å². The largest absolute Gasteiger partial charge is 0.345 e. The highest BCUT2D eigenvalue weighted by molar-refractivity contribution is 7.99. The Morgan fingerprint density at radius 2 is 2.00 bits per heavy atom. The van der Waals surface area contributed by atoms with Gasteiger partial charge in [-0.2, -0.15) is 0 Å². The standard InChI is InChI=1S/C21H23FN2OS/c22-18-8-4-7-17-19(9-12-26-20(17)18)23-21(25)16-6-3-5-15(13-16)14-24-10-1-2-11-24/h3-8,13,19H,1-2,9-12,14H2,(H,23,25). The molecule has 2 aromatic carbocycles. The van der Waals surface area contributed by atoms with Gasteiger partial charge in [0.2, 0.25) is 0 Å². The van der Waals surface area contributed by atoms with Gasteiger partial charge in [0.05, 0.1) is 6.04 Å². The van der Waals surface area contributed by atoms with Crippen LogP contribution in [-0.4, -0.2) is 29.6 Å². The first-order valence-corrected chi connectivity index (χ1v) is 10.2. The molecule has 2 aliphatic heterocycles. The second-order valence-electron chi connectivity index (χ2n) is 7.01. The molecule has 2 heterocycles. The van der Waals surface area contributed by atoms with Crippen molar-refractivity contribution < 1.29 is 9.18 Å². The summed E-state index contributed by atoms with van der Waals surface area (Å²) in [5.41, 5.74) is 2.74. The maximum absolute atomic E-state index is 14.0. The zero-order valence-corrected chi connectivity index (χ0v) is 15.5. The molecular weight excluding hydrogens is 347 g/mol. The molecule has 3 nitrogen and oxygen atoms in total. The molecule has 5 heteroatoms. The van der Waals surface area contributed by atoms with E-state index in [0.717, 1.165) is 37.4 Å². The van der Waals surface area contributed by atoms with Crippen LogP contribution in [0.2, 0.25) is 0 Å². The van der Waals surface area contributed by atoms with Crippen molar-refractivity contribution in [1.29, 1.82) is 0 Å². The number of nitrogens with one attached hydrogen (secondary N) is 1.